The molecule has 2 N–H and O–H groups in total. The van der Waals surface area contributed by atoms with Crippen LogP contribution in [0.4, 0.5) is 0 Å². The molecule has 0 aromatic heterocycles. The highest BCUT2D eigenvalue weighted by molar-refractivity contribution is 5.93. The molecule has 0 spiro atoms. The van der Waals surface area contributed by atoms with E-state index in [2.05, 4.69) is 78.9 Å². The van der Waals surface area contributed by atoms with E-state index < -0.39 is 5.60 Å². The fraction of sp³-hybridized carbons (Fsp3) is 0.167. The first-order valence-electron chi connectivity index (χ1n) is 13.7. The van der Waals surface area contributed by atoms with Gasteiger partial charge in [-0.15, -0.1) is 0 Å². The Morgan fingerprint density at radius 2 is 1.32 bits per heavy atom. The molecule has 1 unspecified atom stereocenters. The number of fused-ring (bicyclic) bond motifs is 2. The van der Waals surface area contributed by atoms with Crippen LogP contribution in [0.25, 0.3) is 39.1 Å². The Balaban J connectivity index is 1.57. The summed E-state index contributed by atoms with van der Waals surface area (Å²) in [5.41, 5.74) is 6.67. The minimum atomic E-state index is -0.888. The van der Waals surface area contributed by atoms with Gasteiger partial charge in [-0.05, 0) is 62.4 Å². The average Bonchev–Trinajstić information content (AvgIpc) is 3.02. The van der Waals surface area contributed by atoms with Crippen LogP contribution in [0.3, 0.4) is 0 Å². The van der Waals surface area contributed by atoms with E-state index in [4.69, 9.17) is 9.47 Å². The quantitative estimate of drug-likeness (QED) is 0.212. The van der Waals surface area contributed by atoms with Crippen molar-refractivity contribution in [3.63, 3.8) is 0 Å². The van der Waals surface area contributed by atoms with Crippen LogP contribution in [0.15, 0.2) is 115 Å². The van der Waals surface area contributed by atoms with Crippen molar-refractivity contribution in [1.82, 2.24) is 0 Å². The summed E-state index contributed by atoms with van der Waals surface area (Å²) in [6.45, 7) is 0.155. The number of aliphatic hydroxyl groups excluding tert-OH is 2. The Morgan fingerprint density at radius 1 is 0.650 bits per heavy atom. The van der Waals surface area contributed by atoms with Gasteiger partial charge < -0.3 is 19.7 Å². The summed E-state index contributed by atoms with van der Waals surface area (Å²) < 4.78 is 12.8. The van der Waals surface area contributed by atoms with Crippen molar-refractivity contribution < 1.29 is 19.7 Å². The van der Waals surface area contributed by atoms with Crippen LogP contribution in [0.1, 0.15) is 23.1 Å². The lowest BCUT2D eigenvalue weighted by molar-refractivity contribution is -0.0336. The summed E-state index contributed by atoms with van der Waals surface area (Å²) >= 11 is 0. The van der Waals surface area contributed by atoms with E-state index in [1.807, 2.05) is 42.5 Å². The normalized spacial score (nSPS) is 16.1. The zero-order valence-corrected chi connectivity index (χ0v) is 22.3. The molecule has 0 heterocycles. The van der Waals surface area contributed by atoms with E-state index >= 15 is 0 Å². The molecule has 5 aromatic carbocycles. The van der Waals surface area contributed by atoms with Crippen LogP contribution in [0.5, 0.6) is 5.75 Å². The van der Waals surface area contributed by atoms with Gasteiger partial charge in [0.15, 0.2) is 0 Å². The zero-order chi connectivity index (χ0) is 27.4. The number of hydrogen-bond donors (Lipinski definition) is 2. The van der Waals surface area contributed by atoms with E-state index in [0.717, 1.165) is 49.7 Å². The molecule has 0 radical (unpaired) electrons. The lowest BCUT2D eigenvalue weighted by atomic mass is 9.75. The number of hydrogen-bond acceptors (Lipinski definition) is 4. The molecule has 5 aromatic rings. The van der Waals surface area contributed by atoms with Gasteiger partial charge in [0.25, 0.3) is 0 Å². The smallest absolute Gasteiger partial charge is 0.126 e. The first-order valence-corrected chi connectivity index (χ1v) is 13.7. The topological polar surface area (TPSA) is 58.9 Å². The summed E-state index contributed by atoms with van der Waals surface area (Å²) in [4.78, 5) is 0. The van der Waals surface area contributed by atoms with Crippen molar-refractivity contribution in [2.45, 2.75) is 12.0 Å². The molecule has 1 atom stereocenters. The lowest BCUT2D eigenvalue weighted by Crippen LogP contribution is -2.35. The summed E-state index contributed by atoms with van der Waals surface area (Å²) in [7, 11) is 0. The predicted octanol–water partition coefficient (Wildman–Crippen LogP) is 7.21. The van der Waals surface area contributed by atoms with Gasteiger partial charge in [-0.3, -0.25) is 0 Å². The van der Waals surface area contributed by atoms with Gasteiger partial charge in [0.2, 0.25) is 0 Å². The Hall–Kier alpha value is -4.22. The van der Waals surface area contributed by atoms with Crippen LogP contribution in [-0.4, -0.2) is 36.6 Å². The SMILES string of the molecule is OCCOc1ccc2cc(-c3ccccc3)ccc2c1C1(OCCO)CC=Cc2cc(-c3ccccc3)ccc21. The van der Waals surface area contributed by atoms with E-state index in [-0.39, 0.29) is 26.4 Å². The molecule has 0 saturated heterocycles. The molecule has 40 heavy (non-hydrogen) atoms. The largest absolute Gasteiger partial charge is 0.491 e. The molecule has 1 aliphatic rings. The molecule has 0 amide bonds. The fourth-order valence-corrected chi connectivity index (χ4v) is 5.82. The third-order valence-electron chi connectivity index (χ3n) is 7.58. The zero-order valence-electron chi connectivity index (χ0n) is 22.3. The fourth-order valence-electron chi connectivity index (χ4n) is 5.82. The molecule has 4 heteroatoms. The van der Waals surface area contributed by atoms with E-state index in [1.165, 1.54) is 0 Å². The second-order valence-electron chi connectivity index (χ2n) is 9.99. The maximum Gasteiger partial charge on any atom is 0.126 e. The molecule has 4 nitrogen and oxygen atoms in total. The van der Waals surface area contributed by atoms with E-state index in [0.29, 0.717) is 12.2 Å². The highest BCUT2D eigenvalue weighted by atomic mass is 16.5. The maximum atomic E-state index is 9.88. The molecule has 0 aliphatic heterocycles. The van der Waals surface area contributed by atoms with Crippen molar-refractivity contribution in [3.05, 3.63) is 132 Å². The number of benzene rings is 5. The first-order chi connectivity index (χ1) is 19.7. The number of ether oxygens (including phenoxy) is 2. The highest BCUT2D eigenvalue weighted by Gasteiger charge is 2.41. The van der Waals surface area contributed by atoms with Crippen LogP contribution in [0, 0.1) is 0 Å². The molecular formula is C36H32O4. The van der Waals surface area contributed by atoms with Gasteiger partial charge in [0.1, 0.15) is 18.0 Å². The molecule has 6 rings (SSSR count). The van der Waals surface area contributed by atoms with Crippen molar-refractivity contribution in [2.24, 2.45) is 0 Å². The third kappa shape index (κ3) is 4.82. The van der Waals surface area contributed by atoms with Gasteiger partial charge in [0.05, 0.1) is 19.8 Å². The highest BCUT2D eigenvalue weighted by Crippen LogP contribution is 2.49. The molecule has 0 bridgehead atoms. The lowest BCUT2D eigenvalue weighted by Gasteiger charge is -2.39. The third-order valence-corrected chi connectivity index (χ3v) is 7.58. The second kappa shape index (κ2) is 11.5. The second-order valence-corrected chi connectivity index (χ2v) is 9.99. The molecule has 1 aliphatic carbocycles. The van der Waals surface area contributed by atoms with Gasteiger partial charge in [-0.1, -0.05) is 103 Å². The number of rotatable bonds is 9. The van der Waals surface area contributed by atoms with Gasteiger partial charge in [0, 0.05) is 12.0 Å². The minimum absolute atomic E-state index is 0.0914. The van der Waals surface area contributed by atoms with Crippen molar-refractivity contribution in [2.75, 3.05) is 26.4 Å². The molecule has 0 saturated carbocycles. The summed E-state index contributed by atoms with van der Waals surface area (Å²) in [6, 6.07) is 37.7. The molecular weight excluding hydrogens is 496 g/mol. The summed E-state index contributed by atoms with van der Waals surface area (Å²) in [6.07, 6.45) is 4.87. The standard InChI is InChI=1S/C36H32O4/c37-20-22-39-34-18-15-30-24-28(26-8-3-1-4-9-26)13-16-32(30)35(34)36(40-23-21-38)19-7-12-31-25-29(14-17-33(31)36)27-10-5-2-6-11-27/h1-18,24-25,37-38H,19-23H2. The van der Waals surface area contributed by atoms with Crippen molar-refractivity contribution in [3.8, 4) is 28.0 Å². The first kappa shape index (κ1) is 26.0. The van der Waals surface area contributed by atoms with Crippen molar-refractivity contribution in [1.29, 1.82) is 0 Å². The Morgan fingerprint density at radius 3 is 2.02 bits per heavy atom. The van der Waals surface area contributed by atoms with E-state index in [9.17, 15) is 10.2 Å². The Labute approximate surface area is 234 Å². The number of aliphatic hydroxyl groups is 2. The summed E-state index contributed by atoms with van der Waals surface area (Å²) in [5, 5.41) is 21.6. The van der Waals surface area contributed by atoms with Crippen LogP contribution in [-0.2, 0) is 10.3 Å². The van der Waals surface area contributed by atoms with Crippen molar-refractivity contribution >= 4 is 16.8 Å². The Kier molecular flexibility index (Phi) is 7.47. The van der Waals surface area contributed by atoms with Gasteiger partial charge in [-0.25, -0.2) is 0 Å². The van der Waals surface area contributed by atoms with Gasteiger partial charge >= 0.3 is 0 Å². The van der Waals surface area contributed by atoms with Gasteiger partial charge in [-0.2, -0.15) is 0 Å². The molecule has 200 valence electrons. The summed E-state index contributed by atoms with van der Waals surface area (Å²) in [5.74, 6) is 0.667. The van der Waals surface area contributed by atoms with Crippen LogP contribution in [0.2, 0.25) is 0 Å². The minimum Gasteiger partial charge on any atom is -0.491 e. The monoisotopic (exact) mass is 528 g/mol. The van der Waals surface area contributed by atoms with Crippen LogP contribution < -0.4 is 4.74 Å². The average molecular weight is 529 g/mol. The van der Waals surface area contributed by atoms with E-state index in [1.54, 1.807) is 0 Å². The van der Waals surface area contributed by atoms with Crippen LogP contribution >= 0.6 is 0 Å². The maximum absolute atomic E-state index is 9.88. The molecule has 0 fully saturated rings. The predicted molar refractivity (Wildman–Crippen MR) is 161 cm³/mol. The Bertz CT molecular complexity index is 1640.